The highest BCUT2D eigenvalue weighted by atomic mass is 16.3. The normalized spacial score (nSPS) is 8.67. The van der Waals surface area contributed by atoms with E-state index < -0.39 is 0 Å². The zero-order chi connectivity index (χ0) is 4.41. The van der Waals surface area contributed by atoms with Gasteiger partial charge in [0, 0.05) is 12.4 Å². The van der Waals surface area contributed by atoms with E-state index in [0.29, 0.717) is 0 Å². The molecule has 3 heteroatoms. The molecule has 6 heavy (non-hydrogen) atoms. The fraction of sp³-hybridized carbons (Fsp3) is 0. The summed E-state index contributed by atoms with van der Waals surface area (Å²) in [6.07, 6.45) is 2.91. The van der Waals surface area contributed by atoms with Crippen LogP contribution >= 0.6 is 0 Å². The van der Waals surface area contributed by atoms with Crippen molar-refractivity contribution in [3.63, 3.8) is 0 Å². The Bertz CT molecular complexity index is 112. The highest BCUT2D eigenvalue weighted by molar-refractivity contribution is 4.87. The van der Waals surface area contributed by atoms with E-state index in [9.17, 15) is 5.11 Å². The van der Waals surface area contributed by atoms with Crippen LogP contribution in [0, 0.1) is 0 Å². The average Bonchev–Trinajstić information content (AvgIpc) is 1.86. The zero-order valence-corrected chi connectivity index (χ0v) is 3.01. The van der Waals surface area contributed by atoms with Crippen LogP contribution in [0.15, 0.2) is 12.4 Å². The van der Waals surface area contributed by atoms with Gasteiger partial charge in [-0.1, -0.05) is 0 Å². The second kappa shape index (κ2) is 1.01. The topological polar surface area (TPSA) is 48.6 Å². The molecule has 1 rings (SSSR count). The van der Waals surface area contributed by atoms with E-state index in [1.165, 1.54) is 12.4 Å². The average molecular weight is 83.1 g/mol. The zero-order valence-electron chi connectivity index (χ0n) is 3.01. The fourth-order valence-electron chi connectivity index (χ4n) is 0.251. The van der Waals surface area contributed by atoms with Gasteiger partial charge < -0.3 is 4.98 Å². The second-order valence-corrected chi connectivity index (χ2v) is 0.894. The van der Waals surface area contributed by atoms with Gasteiger partial charge in [-0.2, -0.15) is 0 Å². The Morgan fingerprint density at radius 2 is 2.67 bits per heavy atom. The van der Waals surface area contributed by atoms with Crippen molar-refractivity contribution in [1.29, 1.82) is 0 Å². The summed E-state index contributed by atoms with van der Waals surface area (Å²) in [6.45, 7) is 0. The van der Waals surface area contributed by atoms with Gasteiger partial charge in [-0.3, -0.25) is 0 Å². The maximum absolute atomic E-state index is 9.90. The summed E-state index contributed by atoms with van der Waals surface area (Å²) < 4.78 is 0. The van der Waals surface area contributed by atoms with E-state index in [1.54, 1.807) is 0 Å². The monoisotopic (exact) mass is 83.0 g/mol. The summed E-state index contributed by atoms with van der Waals surface area (Å²) in [5.41, 5.74) is 0. The van der Waals surface area contributed by atoms with Crippen molar-refractivity contribution in [1.82, 2.24) is 9.97 Å². The first-order valence-electron chi connectivity index (χ1n) is 1.56. The third-order valence-corrected chi connectivity index (χ3v) is 0.473. The molecule has 1 aromatic heterocycles. The molecule has 3 nitrogen and oxygen atoms in total. The van der Waals surface area contributed by atoms with Crippen molar-refractivity contribution < 1.29 is 5.11 Å². The minimum Gasteiger partial charge on any atom is -0.311 e. The molecule has 0 saturated heterocycles. The van der Waals surface area contributed by atoms with Crippen molar-refractivity contribution in [3.05, 3.63) is 12.4 Å². The molecular weight excluding hydrogens is 80.0 g/mol. The van der Waals surface area contributed by atoms with Crippen LogP contribution in [-0.2, 0) is 5.11 Å². The van der Waals surface area contributed by atoms with Gasteiger partial charge >= 0.3 is 6.01 Å². The molecule has 1 heterocycles. The van der Waals surface area contributed by atoms with Crippen LogP contribution in [-0.4, -0.2) is 9.97 Å². The smallest absolute Gasteiger partial charge is 0.311 e. The first-order valence-corrected chi connectivity index (χ1v) is 1.56. The molecule has 0 spiro atoms. The van der Waals surface area contributed by atoms with Crippen LogP contribution in [0.5, 0.6) is 6.01 Å². The summed E-state index contributed by atoms with van der Waals surface area (Å²) in [5.74, 6) is 0. The lowest BCUT2D eigenvalue weighted by molar-refractivity contribution is 0.323. The lowest BCUT2D eigenvalue weighted by Gasteiger charge is -1.61. The van der Waals surface area contributed by atoms with Crippen LogP contribution in [0.1, 0.15) is 0 Å². The highest BCUT2D eigenvalue weighted by Crippen LogP contribution is 1.91. The number of imidazole rings is 1. The van der Waals surface area contributed by atoms with Crippen molar-refractivity contribution in [2.24, 2.45) is 0 Å². The number of nitrogens with one attached hydrogen (secondary N) is 1. The van der Waals surface area contributed by atoms with Crippen LogP contribution in [0.4, 0.5) is 0 Å². The Kier molecular flexibility index (Phi) is 0.538. The molecular formula is C3H3N2O. The minimum atomic E-state index is -0.282. The van der Waals surface area contributed by atoms with Gasteiger partial charge in [-0.15, -0.1) is 0 Å². The van der Waals surface area contributed by atoms with E-state index in [2.05, 4.69) is 9.97 Å². The van der Waals surface area contributed by atoms with Crippen LogP contribution in [0.2, 0.25) is 0 Å². The maximum atomic E-state index is 9.90. The first-order chi connectivity index (χ1) is 2.89. The standard InChI is InChI=1S/C3H3N2O/c6-3-4-1-2-5-3/h1-2H,(H,4,5). The van der Waals surface area contributed by atoms with Crippen molar-refractivity contribution in [2.45, 2.75) is 0 Å². The molecule has 0 aliphatic heterocycles. The SMILES string of the molecule is [O]c1ncc[nH]1. The summed E-state index contributed by atoms with van der Waals surface area (Å²) in [5, 5.41) is 9.90. The number of rotatable bonds is 0. The lowest BCUT2D eigenvalue weighted by atomic mass is 11.0. The van der Waals surface area contributed by atoms with Crippen molar-refractivity contribution >= 4 is 0 Å². The third kappa shape index (κ3) is 0.337. The number of hydrogen-bond donors (Lipinski definition) is 1. The first kappa shape index (κ1) is 3.21. The number of aromatic nitrogens is 2. The van der Waals surface area contributed by atoms with E-state index in [0.717, 1.165) is 0 Å². The summed E-state index contributed by atoms with van der Waals surface area (Å²) in [7, 11) is 0. The number of nitrogens with zero attached hydrogens (tertiary/aromatic N) is 1. The Labute approximate surface area is 34.7 Å². The lowest BCUT2D eigenvalue weighted by Crippen LogP contribution is -1.55. The summed E-state index contributed by atoms with van der Waals surface area (Å²) in [6, 6.07) is -0.282. The van der Waals surface area contributed by atoms with Crippen LogP contribution < -0.4 is 0 Å². The van der Waals surface area contributed by atoms with E-state index in [-0.39, 0.29) is 6.01 Å². The molecule has 0 bridgehead atoms. The predicted octanol–water partition coefficient (Wildman–Crippen LogP) is 0.553. The quantitative estimate of drug-likeness (QED) is 0.489. The van der Waals surface area contributed by atoms with Gasteiger partial charge in [-0.25, -0.2) is 10.1 Å². The summed E-state index contributed by atoms with van der Waals surface area (Å²) in [4.78, 5) is 5.64. The highest BCUT2D eigenvalue weighted by Gasteiger charge is 1.81. The molecule has 1 N–H and O–H groups in total. The molecule has 0 fully saturated rings. The predicted molar refractivity (Wildman–Crippen MR) is 18.7 cm³/mol. The van der Waals surface area contributed by atoms with Gasteiger partial charge in [0.15, 0.2) is 0 Å². The molecule has 1 radical (unpaired) electrons. The van der Waals surface area contributed by atoms with Gasteiger partial charge in [0.2, 0.25) is 0 Å². The number of aromatic amines is 1. The third-order valence-electron chi connectivity index (χ3n) is 0.473. The van der Waals surface area contributed by atoms with Gasteiger partial charge in [0.05, 0.1) is 0 Å². The molecule has 31 valence electrons. The Hall–Kier alpha value is -0.990. The van der Waals surface area contributed by atoms with Gasteiger partial charge in [-0.05, 0) is 0 Å². The van der Waals surface area contributed by atoms with E-state index >= 15 is 0 Å². The molecule has 0 saturated carbocycles. The van der Waals surface area contributed by atoms with Crippen molar-refractivity contribution in [3.8, 4) is 6.01 Å². The number of hydrogen-bond acceptors (Lipinski definition) is 1. The van der Waals surface area contributed by atoms with Gasteiger partial charge in [0.1, 0.15) is 0 Å². The summed E-state index contributed by atoms with van der Waals surface area (Å²) >= 11 is 0. The molecule has 0 atom stereocenters. The molecule has 0 aromatic carbocycles. The van der Waals surface area contributed by atoms with E-state index in [4.69, 9.17) is 0 Å². The second-order valence-electron chi connectivity index (χ2n) is 0.894. The van der Waals surface area contributed by atoms with Crippen LogP contribution in [0.25, 0.3) is 0 Å². The van der Waals surface area contributed by atoms with Gasteiger partial charge in [0.25, 0.3) is 0 Å². The molecule has 0 aliphatic rings. The van der Waals surface area contributed by atoms with Crippen molar-refractivity contribution in [2.75, 3.05) is 0 Å². The Morgan fingerprint density at radius 1 is 1.83 bits per heavy atom. The van der Waals surface area contributed by atoms with E-state index in [1.807, 2.05) is 0 Å². The minimum absolute atomic E-state index is 0.282. The molecule has 1 aromatic rings. The Balaban J connectivity index is 3.05. The maximum Gasteiger partial charge on any atom is 0.344 e. The molecule has 0 aliphatic carbocycles. The fourth-order valence-corrected chi connectivity index (χ4v) is 0.251. The molecule has 0 amide bonds. The largest absolute Gasteiger partial charge is 0.344 e. The number of H-pyrrole nitrogens is 1. The van der Waals surface area contributed by atoms with Crippen LogP contribution in [0.3, 0.4) is 0 Å². The Morgan fingerprint density at radius 3 is 2.83 bits per heavy atom. The molecule has 0 unspecified atom stereocenters.